The van der Waals surface area contributed by atoms with Crippen LogP contribution in [0.1, 0.15) is 35.3 Å². The van der Waals surface area contributed by atoms with Gasteiger partial charge in [-0.25, -0.2) is 4.98 Å². The van der Waals surface area contributed by atoms with Gasteiger partial charge in [0.25, 0.3) is 11.6 Å². The number of nitrogens with zero attached hydrogens (tertiary/aromatic N) is 2. The summed E-state index contributed by atoms with van der Waals surface area (Å²) in [4.78, 5) is 27.4. The van der Waals surface area contributed by atoms with Crippen LogP contribution in [-0.2, 0) is 6.61 Å². The van der Waals surface area contributed by atoms with Gasteiger partial charge in [0.2, 0.25) is 0 Å². The van der Waals surface area contributed by atoms with Gasteiger partial charge in [0, 0.05) is 18.0 Å². The highest BCUT2D eigenvalue weighted by Gasteiger charge is 2.26. The van der Waals surface area contributed by atoms with Crippen molar-refractivity contribution in [2.75, 3.05) is 13.7 Å². The molecule has 1 aliphatic rings. The number of amides is 1. The summed E-state index contributed by atoms with van der Waals surface area (Å²) in [6.07, 6.45) is 3.32. The first kappa shape index (κ1) is 18.1. The first-order valence-electron chi connectivity index (χ1n) is 8.23. The Kier molecular flexibility index (Phi) is 5.67. The summed E-state index contributed by atoms with van der Waals surface area (Å²) in [6, 6.07) is 2.58. The molecule has 1 heterocycles. The third-order valence-corrected chi connectivity index (χ3v) is 4.99. The highest BCUT2D eigenvalue weighted by atomic mass is 32.1. The van der Waals surface area contributed by atoms with Crippen molar-refractivity contribution in [3.63, 3.8) is 0 Å². The molecule has 1 aromatic carbocycles. The molecule has 3 rings (SSSR count). The van der Waals surface area contributed by atoms with E-state index >= 15 is 0 Å². The largest absolute Gasteiger partial charge is 0.493 e. The Hall–Kier alpha value is -2.68. The van der Waals surface area contributed by atoms with Gasteiger partial charge in [-0.05, 0) is 18.8 Å². The van der Waals surface area contributed by atoms with Crippen LogP contribution < -0.4 is 14.8 Å². The van der Waals surface area contributed by atoms with Gasteiger partial charge in [0.1, 0.15) is 12.2 Å². The zero-order valence-corrected chi connectivity index (χ0v) is 15.1. The maximum absolute atomic E-state index is 12.4. The third-order valence-electron chi connectivity index (χ3n) is 4.36. The van der Waals surface area contributed by atoms with E-state index in [-0.39, 0.29) is 29.4 Å². The Morgan fingerprint density at radius 1 is 1.42 bits per heavy atom. The summed E-state index contributed by atoms with van der Waals surface area (Å²) in [6.45, 7) is 0.685. The van der Waals surface area contributed by atoms with Crippen LogP contribution in [0.15, 0.2) is 23.0 Å². The lowest BCUT2D eigenvalue weighted by molar-refractivity contribution is -0.385. The lowest BCUT2D eigenvalue weighted by atomic mass is 9.85. The maximum Gasteiger partial charge on any atom is 0.286 e. The van der Waals surface area contributed by atoms with E-state index in [1.165, 1.54) is 37.0 Å². The second kappa shape index (κ2) is 8.13. The molecule has 0 saturated heterocycles. The minimum absolute atomic E-state index is 0.0350. The molecule has 1 aliphatic carbocycles. The van der Waals surface area contributed by atoms with Crippen LogP contribution in [0.2, 0.25) is 0 Å². The van der Waals surface area contributed by atoms with Crippen molar-refractivity contribution >= 4 is 22.9 Å². The van der Waals surface area contributed by atoms with Crippen molar-refractivity contribution in [2.24, 2.45) is 5.92 Å². The number of benzene rings is 1. The van der Waals surface area contributed by atoms with Gasteiger partial charge in [0.05, 0.1) is 29.3 Å². The standard InChI is InChI=1S/C17H19N3O5S/c1-24-15-5-13(17(21)18-7-11-3-2-4-11)14(20(22)23)6-16(15)25-8-12-9-26-10-19-12/h5-6,9-11H,2-4,7-8H2,1H3,(H,18,21). The fourth-order valence-electron chi connectivity index (χ4n) is 2.64. The number of nitro benzene ring substituents is 1. The minimum Gasteiger partial charge on any atom is -0.493 e. The molecule has 8 nitrogen and oxygen atoms in total. The number of nitrogens with one attached hydrogen (secondary N) is 1. The van der Waals surface area contributed by atoms with E-state index in [1.54, 1.807) is 5.51 Å². The molecule has 0 spiro atoms. The van der Waals surface area contributed by atoms with Crippen LogP contribution in [0.25, 0.3) is 0 Å². The number of thiazole rings is 1. The van der Waals surface area contributed by atoms with Gasteiger partial charge < -0.3 is 14.8 Å². The molecule has 1 N–H and O–H groups in total. The smallest absolute Gasteiger partial charge is 0.286 e. The molecule has 0 aliphatic heterocycles. The number of ether oxygens (including phenoxy) is 2. The molecule has 138 valence electrons. The molecular formula is C17H19N3O5S. The Balaban J connectivity index is 1.81. The third kappa shape index (κ3) is 4.10. The highest BCUT2D eigenvalue weighted by Crippen LogP contribution is 2.35. The number of methoxy groups -OCH3 is 1. The highest BCUT2D eigenvalue weighted by molar-refractivity contribution is 7.07. The minimum atomic E-state index is -0.590. The molecule has 1 amide bonds. The molecule has 26 heavy (non-hydrogen) atoms. The maximum atomic E-state index is 12.4. The predicted octanol–water partition coefficient (Wildman–Crippen LogP) is 3.17. The molecule has 0 bridgehead atoms. The van der Waals surface area contributed by atoms with E-state index < -0.39 is 10.8 Å². The zero-order valence-electron chi connectivity index (χ0n) is 14.3. The van der Waals surface area contributed by atoms with Crippen LogP contribution in [-0.4, -0.2) is 29.5 Å². The first-order chi connectivity index (χ1) is 12.6. The summed E-state index contributed by atoms with van der Waals surface area (Å²) < 4.78 is 10.9. The average molecular weight is 377 g/mol. The molecule has 1 saturated carbocycles. The van der Waals surface area contributed by atoms with Crippen LogP contribution in [0.3, 0.4) is 0 Å². The number of nitro groups is 1. The fraction of sp³-hybridized carbons (Fsp3) is 0.412. The number of rotatable bonds is 8. The summed E-state index contributed by atoms with van der Waals surface area (Å²) in [5, 5.41) is 16.0. The lowest BCUT2D eigenvalue weighted by Crippen LogP contribution is -2.32. The Morgan fingerprint density at radius 2 is 2.23 bits per heavy atom. The molecule has 9 heteroatoms. The van der Waals surface area contributed by atoms with Crippen LogP contribution >= 0.6 is 11.3 Å². The van der Waals surface area contributed by atoms with Crippen molar-refractivity contribution in [1.82, 2.24) is 10.3 Å². The van der Waals surface area contributed by atoms with Gasteiger partial charge in [-0.2, -0.15) is 0 Å². The predicted molar refractivity (Wildman–Crippen MR) is 95.8 cm³/mol. The van der Waals surface area contributed by atoms with E-state index in [0.717, 1.165) is 12.8 Å². The Bertz CT molecular complexity index is 790. The average Bonchev–Trinajstić information content (AvgIpc) is 3.11. The number of hydrogen-bond acceptors (Lipinski definition) is 7. The normalized spacial score (nSPS) is 13.7. The van der Waals surface area contributed by atoms with Crippen molar-refractivity contribution in [3.8, 4) is 11.5 Å². The second-order valence-electron chi connectivity index (χ2n) is 6.05. The van der Waals surface area contributed by atoms with Crippen LogP contribution in [0.4, 0.5) is 5.69 Å². The molecule has 1 fully saturated rings. The number of carbonyl (C=O) groups excluding carboxylic acids is 1. The summed E-state index contributed by atoms with van der Waals surface area (Å²) in [5.74, 6) is 0.441. The van der Waals surface area contributed by atoms with Crippen LogP contribution in [0.5, 0.6) is 11.5 Å². The summed E-state index contributed by atoms with van der Waals surface area (Å²) in [5.41, 5.74) is 2.04. The number of aromatic nitrogens is 1. The monoisotopic (exact) mass is 377 g/mol. The first-order valence-corrected chi connectivity index (χ1v) is 9.17. The fourth-order valence-corrected chi connectivity index (χ4v) is 3.19. The SMILES string of the molecule is COc1cc(C(=O)NCC2CCC2)c([N+](=O)[O-])cc1OCc1cscn1. The van der Waals surface area contributed by atoms with Gasteiger partial charge in [-0.3, -0.25) is 14.9 Å². The van der Waals surface area contributed by atoms with Gasteiger partial charge in [0.15, 0.2) is 11.5 Å². The van der Waals surface area contributed by atoms with Gasteiger partial charge >= 0.3 is 0 Å². The molecule has 0 unspecified atom stereocenters. The topological polar surface area (TPSA) is 104 Å². The second-order valence-corrected chi connectivity index (χ2v) is 6.77. The van der Waals surface area contributed by atoms with Crippen molar-refractivity contribution < 1.29 is 19.2 Å². The van der Waals surface area contributed by atoms with Crippen molar-refractivity contribution in [3.05, 3.63) is 44.4 Å². The molecule has 0 atom stereocenters. The van der Waals surface area contributed by atoms with Crippen molar-refractivity contribution in [1.29, 1.82) is 0 Å². The van der Waals surface area contributed by atoms with E-state index in [1.807, 2.05) is 5.38 Å². The van der Waals surface area contributed by atoms with E-state index in [4.69, 9.17) is 9.47 Å². The van der Waals surface area contributed by atoms with E-state index in [2.05, 4.69) is 10.3 Å². The Morgan fingerprint density at radius 3 is 2.81 bits per heavy atom. The Labute approximate surface area is 154 Å². The molecule has 2 aromatic rings. The summed E-state index contributed by atoms with van der Waals surface area (Å²) in [7, 11) is 1.42. The van der Waals surface area contributed by atoms with E-state index in [0.29, 0.717) is 18.2 Å². The van der Waals surface area contributed by atoms with Crippen molar-refractivity contribution in [2.45, 2.75) is 25.9 Å². The van der Waals surface area contributed by atoms with E-state index in [9.17, 15) is 14.9 Å². The van der Waals surface area contributed by atoms with Gasteiger partial charge in [-0.1, -0.05) is 6.42 Å². The molecule has 0 radical (unpaired) electrons. The zero-order chi connectivity index (χ0) is 18.5. The van der Waals surface area contributed by atoms with Crippen LogP contribution in [0, 0.1) is 16.0 Å². The quantitative estimate of drug-likeness (QED) is 0.560. The number of carbonyl (C=O) groups is 1. The lowest BCUT2D eigenvalue weighted by Gasteiger charge is -2.25. The molecular weight excluding hydrogens is 358 g/mol. The number of hydrogen-bond donors (Lipinski definition) is 1. The summed E-state index contributed by atoms with van der Waals surface area (Å²) >= 11 is 1.43. The molecule has 1 aromatic heterocycles. The van der Waals surface area contributed by atoms with Gasteiger partial charge in [-0.15, -0.1) is 11.3 Å².